The molecule has 2 heterocycles. The molecule has 0 aliphatic carbocycles. The molecule has 0 bridgehead atoms. The largest absolute Gasteiger partial charge is 0.320 e. The summed E-state index contributed by atoms with van der Waals surface area (Å²) in [5.74, 6) is -0.0581. The third-order valence-electron chi connectivity index (χ3n) is 2.66. The number of carbonyl (C=O) groups excluding carboxylic acids is 1. The van der Waals surface area contributed by atoms with Crippen LogP contribution in [0, 0.1) is 0 Å². The van der Waals surface area contributed by atoms with E-state index in [0.29, 0.717) is 5.57 Å². The van der Waals surface area contributed by atoms with Gasteiger partial charge in [-0.3, -0.25) is 4.79 Å². The molecule has 2 nitrogen and oxygen atoms in total. The van der Waals surface area contributed by atoms with Gasteiger partial charge in [0.2, 0.25) is 0 Å². The Hall–Kier alpha value is -0.910. The molecular weight excluding hydrogens is 378 g/mol. The van der Waals surface area contributed by atoms with Crippen LogP contribution in [0.4, 0.5) is 5.69 Å². The lowest BCUT2D eigenvalue weighted by Gasteiger charge is -2.02. The maximum Gasteiger partial charge on any atom is 0.256 e. The number of hydrogen-bond acceptors (Lipinski definition) is 2. The van der Waals surface area contributed by atoms with E-state index in [1.54, 1.807) is 11.3 Å². The standard InChI is InChI=1S/C13H7Br2NOS/c14-7-4-9-10(6-8-2-1-3-18-8)13(17)16-12(9)11(15)5-7/h1-6H,(H,16,17)/b10-6-. The second-order valence-electron chi connectivity index (χ2n) is 3.84. The summed E-state index contributed by atoms with van der Waals surface area (Å²) in [6.07, 6.45) is 1.92. The highest BCUT2D eigenvalue weighted by atomic mass is 79.9. The summed E-state index contributed by atoms with van der Waals surface area (Å²) in [6, 6.07) is 7.85. The first-order valence-corrected chi connectivity index (χ1v) is 7.67. The van der Waals surface area contributed by atoms with Crippen molar-refractivity contribution in [2.45, 2.75) is 0 Å². The Balaban J connectivity index is 2.18. The van der Waals surface area contributed by atoms with Gasteiger partial charge in [0.15, 0.2) is 0 Å². The van der Waals surface area contributed by atoms with Crippen molar-refractivity contribution in [3.05, 3.63) is 49.0 Å². The summed E-state index contributed by atoms with van der Waals surface area (Å²) < 4.78 is 1.83. The van der Waals surface area contributed by atoms with Crippen molar-refractivity contribution >= 4 is 66.4 Å². The molecule has 18 heavy (non-hydrogen) atoms. The third-order valence-corrected chi connectivity index (χ3v) is 4.56. The monoisotopic (exact) mass is 383 g/mol. The summed E-state index contributed by atoms with van der Waals surface area (Å²) >= 11 is 8.52. The number of fused-ring (bicyclic) bond motifs is 1. The Morgan fingerprint density at radius 2 is 2.11 bits per heavy atom. The van der Waals surface area contributed by atoms with E-state index in [1.807, 2.05) is 35.7 Å². The van der Waals surface area contributed by atoms with E-state index in [9.17, 15) is 4.79 Å². The summed E-state index contributed by atoms with van der Waals surface area (Å²) in [7, 11) is 0. The number of amides is 1. The maximum atomic E-state index is 12.0. The molecule has 1 N–H and O–H groups in total. The molecule has 5 heteroatoms. The van der Waals surface area contributed by atoms with Crippen molar-refractivity contribution in [2.75, 3.05) is 5.32 Å². The van der Waals surface area contributed by atoms with Gasteiger partial charge in [-0.25, -0.2) is 0 Å². The molecule has 0 fully saturated rings. The number of rotatable bonds is 1. The van der Waals surface area contributed by atoms with Gasteiger partial charge in [-0.1, -0.05) is 22.0 Å². The van der Waals surface area contributed by atoms with Crippen LogP contribution < -0.4 is 5.32 Å². The molecule has 0 saturated heterocycles. The molecule has 1 amide bonds. The van der Waals surface area contributed by atoms with E-state index in [0.717, 1.165) is 25.1 Å². The van der Waals surface area contributed by atoms with Gasteiger partial charge >= 0.3 is 0 Å². The molecule has 1 aromatic heterocycles. The highest BCUT2D eigenvalue weighted by Crippen LogP contribution is 2.40. The predicted molar refractivity (Wildman–Crippen MR) is 82.7 cm³/mol. The van der Waals surface area contributed by atoms with Gasteiger partial charge in [0, 0.05) is 19.4 Å². The van der Waals surface area contributed by atoms with Gasteiger partial charge in [0.1, 0.15) is 0 Å². The van der Waals surface area contributed by atoms with E-state index in [1.165, 1.54) is 0 Å². The molecule has 1 aromatic carbocycles. The lowest BCUT2D eigenvalue weighted by molar-refractivity contribution is -0.110. The van der Waals surface area contributed by atoms with Crippen molar-refractivity contribution in [2.24, 2.45) is 0 Å². The zero-order chi connectivity index (χ0) is 12.7. The minimum atomic E-state index is -0.0581. The quantitative estimate of drug-likeness (QED) is 0.705. The minimum absolute atomic E-state index is 0.0581. The molecule has 0 saturated carbocycles. The van der Waals surface area contributed by atoms with E-state index in [-0.39, 0.29) is 5.91 Å². The smallest absolute Gasteiger partial charge is 0.256 e. The number of thiophene rings is 1. The molecule has 90 valence electrons. The Morgan fingerprint density at radius 1 is 1.28 bits per heavy atom. The van der Waals surface area contributed by atoms with Crippen molar-refractivity contribution in [1.82, 2.24) is 0 Å². The molecule has 3 rings (SSSR count). The summed E-state index contributed by atoms with van der Waals surface area (Å²) in [6.45, 7) is 0. The first kappa shape index (κ1) is 12.1. The van der Waals surface area contributed by atoms with Crippen LogP contribution in [0.25, 0.3) is 11.6 Å². The van der Waals surface area contributed by atoms with Crippen molar-refractivity contribution in [1.29, 1.82) is 0 Å². The summed E-state index contributed by atoms with van der Waals surface area (Å²) in [5, 5.41) is 4.88. The Labute approximate surface area is 125 Å². The number of anilines is 1. The number of nitrogens with one attached hydrogen (secondary N) is 1. The third kappa shape index (κ3) is 2.06. The highest BCUT2D eigenvalue weighted by Gasteiger charge is 2.26. The van der Waals surface area contributed by atoms with E-state index in [4.69, 9.17) is 0 Å². The highest BCUT2D eigenvalue weighted by molar-refractivity contribution is 9.11. The zero-order valence-corrected chi connectivity index (χ0v) is 13.0. The molecule has 0 atom stereocenters. The molecule has 0 unspecified atom stereocenters. The van der Waals surface area contributed by atoms with E-state index < -0.39 is 0 Å². The first-order valence-electron chi connectivity index (χ1n) is 5.21. The molecule has 1 aliphatic rings. The van der Waals surface area contributed by atoms with Gasteiger partial charge in [0.25, 0.3) is 5.91 Å². The van der Waals surface area contributed by atoms with Gasteiger partial charge in [-0.2, -0.15) is 0 Å². The van der Waals surface area contributed by atoms with Crippen molar-refractivity contribution in [3.63, 3.8) is 0 Å². The lowest BCUT2D eigenvalue weighted by atomic mass is 10.1. The topological polar surface area (TPSA) is 29.1 Å². The van der Waals surface area contributed by atoms with Gasteiger partial charge in [-0.05, 0) is 45.6 Å². The van der Waals surface area contributed by atoms with Crippen LogP contribution in [0.5, 0.6) is 0 Å². The Kier molecular flexibility index (Phi) is 3.13. The average molecular weight is 385 g/mol. The van der Waals surface area contributed by atoms with E-state index in [2.05, 4.69) is 37.2 Å². The molecule has 1 aliphatic heterocycles. The van der Waals surface area contributed by atoms with Crippen LogP contribution in [-0.4, -0.2) is 5.91 Å². The number of benzene rings is 1. The van der Waals surface area contributed by atoms with Gasteiger partial charge < -0.3 is 5.32 Å². The minimum Gasteiger partial charge on any atom is -0.320 e. The van der Waals surface area contributed by atoms with Gasteiger partial charge in [0.05, 0.1) is 11.3 Å². The van der Waals surface area contributed by atoms with Gasteiger partial charge in [-0.15, -0.1) is 11.3 Å². The maximum absolute atomic E-state index is 12.0. The molecule has 0 spiro atoms. The normalized spacial score (nSPS) is 15.9. The van der Waals surface area contributed by atoms with Crippen LogP contribution in [0.3, 0.4) is 0 Å². The second-order valence-corrected chi connectivity index (χ2v) is 6.59. The average Bonchev–Trinajstić information content (AvgIpc) is 2.91. The SMILES string of the molecule is O=C1Nc2c(Br)cc(Br)cc2/C1=C/c1cccs1. The van der Waals surface area contributed by atoms with Crippen molar-refractivity contribution in [3.8, 4) is 0 Å². The van der Waals surface area contributed by atoms with Crippen molar-refractivity contribution < 1.29 is 4.79 Å². The first-order chi connectivity index (χ1) is 8.65. The fraction of sp³-hybridized carbons (Fsp3) is 0. The Bertz CT molecular complexity index is 662. The fourth-order valence-corrected chi connectivity index (χ4v) is 3.86. The van der Waals surface area contributed by atoms with Crippen LogP contribution in [0.1, 0.15) is 10.4 Å². The predicted octanol–water partition coefficient (Wildman–Crippen LogP) is 4.77. The van der Waals surface area contributed by atoms with Crippen LogP contribution >= 0.6 is 43.2 Å². The van der Waals surface area contributed by atoms with E-state index >= 15 is 0 Å². The lowest BCUT2D eigenvalue weighted by Crippen LogP contribution is -2.03. The van der Waals surface area contributed by atoms with Crippen LogP contribution in [-0.2, 0) is 4.79 Å². The Morgan fingerprint density at radius 3 is 2.83 bits per heavy atom. The fourth-order valence-electron chi connectivity index (χ4n) is 1.88. The molecular formula is C13H7Br2NOS. The number of halogens is 2. The summed E-state index contributed by atoms with van der Waals surface area (Å²) in [5.41, 5.74) is 2.47. The number of hydrogen-bond donors (Lipinski definition) is 1. The number of carbonyl (C=O) groups is 1. The molecule has 0 radical (unpaired) electrons. The molecule has 2 aromatic rings. The second kappa shape index (κ2) is 4.64. The zero-order valence-electron chi connectivity index (χ0n) is 9.04. The summed E-state index contributed by atoms with van der Waals surface area (Å²) in [4.78, 5) is 13.1. The van der Waals surface area contributed by atoms with Crippen LogP contribution in [0.15, 0.2) is 38.6 Å². The van der Waals surface area contributed by atoms with Crippen LogP contribution in [0.2, 0.25) is 0 Å².